The summed E-state index contributed by atoms with van der Waals surface area (Å²) < 4.78 is 5.57. The average molecular weight is 291 g/mol. The Balaban J connectivity index is 1.79. The fourth-order valence-corrected chi connectivity index (χ4v) is 3.11. The monoisotopic (exact) mass is 291 g/mol. The van der Waals surface area contributed by atoms with Gasteiger partial charge in [-0.25, -0.2) is 4.98 Å². The van der Waals surface area contributed by atoms with E-state index in [0.29, 0.717) is 31.9 Å². The number of nitrogens with zero attached hydrogens (tertiary/aromatic N) is 3. The van der Waals surface area contributed by atoms with Crippen LogP contribution in [0.4, 0.5) is 0 Å². The van der Waals surface area contributed by atoms with Crippen LogP contribution in [-0.4, -0.2) is 45.7 Å². The van der Waals surface area contributed by atoms with Gasteiger partial charge in [-0.2, -0.15) is 0 Å². The lowest BCUT2D eigenvalue weighted by Crippen LogP contribution is -2.49. The minimum Gasteiger partial charge on any atom is -0.444 e. The summed E-state index contributed by atoms with van der Waals surface area (Å²) in [7, 11) is 0. The molecule has 2 fully saturated rings. The lowest BCUT2D eigenvalue weighted by molar-refractivity contribution is -0.143. The minimum atomic E-state index is -0.286. The molecule has 0 N–H and O–H groups in total. The number of hydrogen-bond donors (Lipinski definition) is 0. The number of hydrogen-bond acceptors (Lipinski definition) is 4. The number of carbonyl (C=O) groups is 2. The van der Waals surface area contributed by atoms with Crippen molar-refractivity contribution in [2.75, 3.05) is 13.1 Å². The molecule has 0 aromatic carbocycles. The summed E-state index contributed by atoms with van der Waals surface area (Å²) in [6, 6.07) is -0.286. The van der Waals surface area contributed by atoms with E-state index in [9.17, 15) is 9.59 Å². The van der Waals surface area contributed by atoms with E-state index >= 15 is 0 Å². The van der Waals surface area contributed by atoms with E-state index in [1.54, 1.807) is 9.80 Å². The molecule has 0 spiro atoms. The Morgan fingerprint density at radius 3 is 2.76 bits per heavy atom. The van der Waals surface area contributed by atoms with Gasteiger partial charge in [-0.15, -0.1) is 0 Å². The van der Waals surface area contributed by atoms with Gasteiger partial charge in [0.05, 0.1) is 12.2 Å². The van der Waals surface area contributed by atoms with Crippen LogP contribution >= 0.6 is 0 Å². The molecular weight excluding hydrogens is 270 g/mol. The number of fused-ring (bicyclic) bond motifs is 1. The van der Waals surface area contributed by atoms with Crippen LogP contribution in [0.15, 0.2) is 4.42 Å². The zero-order valence-electron chi connectivity index (χ0n) is 12.6. The second kappa shape index (κ2) is 5.50. The topological polar surface area (TPSA) is 66.7 Å². The second-order valence-electron chi connectivity index (χ2n) is 5.86. The smallest absolute Gasteiger partial charge is 0.245 e. The molecule has 1 unspecified atom stereocenters. The van der Waals surface area contributed by atoms with Crippen LogP contribution in [0.2, 0.25) is 0 Å². The van der Waals surface area contributed by atoms with E-state index in [0.717, 1.165) is 30.7 Å². The molecule has 2 aliphatic heterocycles. The quantitative estimate of drug-likeness (QED) is 0.826. The first-order valence-electron chi connectivity index (χ1n) is 7.57. The molecule has 0 aliphatic carbocycles. The Morgan fingerprint density at radius 1 is 1.24 bits per heavy atom. The molecule has 2 saturated heterocycles. The van der Waals surface area contributed by atoms with Crippen molar-refractivity contribution in [2.24, 2.45) is 0 Å². The molecule has 1 aromatic heterocycles. The molecule has 0 saturated carbocycles. The van der Waals surface area contributed by atoms with Crippen molar-refractivity contribution in [1.29, 1.82) is 0 Å². The number of carbonyl (C=O) groups excluding carboxylic acids is 2. The molecule has 2 amide bonds. The first-order valence-corrected chi connectivity index (χ1v) is 7.57. The van der Waals surface area contributed by atoms with Gasteiger partial charge in [-0.3, -0.25) is 9.59 Å². The SMILES string of the molecule is Cc1nc(CN2CCC(=O)N3CCCCC3C2=O)oc1C. The Morgan fingerprint density at radius 2 is 2.05 bits per heavy atom. The lowest BCUT2D eigenvalue weighted by Gasteiger charge is -2.34. The van der Waals surface area contributed by atoms with E-state index in [2.05, 4.69) is 4.98 Å². The van der Waals surface area contributed by atoms with Crippen molar-refractivity contribution in [1.82, 2.24) is 14.8 Å². The van der Waals surface area contributed by atoms with Gasteiger partial charge in [0, 0.05) is 19.5 Å². The van der Waals surface area contributed by atoms with Crippen LogP contribution in [0.3, 0.4) is 0 Å². The maximum Gasteiger partial charge on any atom is 0.245 e. The Labute approximate surface area is 124 Å². The molecule has 21 heavy (non-hydrogen) atoms. The predicted molar refractivity (Wildman–Crippen MR) is 75.4 cm³/mol. The van der Waals surface area contributed by atoms with Crippen molar-refractivity contribution in [3.05, 3.63) is 17.3 Å². The summed E-state index contributed by atoms with van der Waals surface area (Å²) in [6.07, 6.45) is 3.16. The minimum absolute atomic E-state index is 0.0362. The van der Waals surface area contributed by atoms with Crippen molar-refractivity contribution >= 4 is 11.8 Å². The predicted octanol–water partition coefficient (Wildman–Crippen LogP) is 1.40. The molecular formula is C15H21N3O3. The number of aromatic nitrogens is 1. The molecule has 6 nitrogen and oxygen atoms in total. The summed E-state index contributed by atoms with van der Waals surface area (Å²) in [5.74, 6) is 1.46. The molecule has 3 heterocycles. The lowest BCUT2D eigenvalue weighted by atomic mass is 10.0. The molecule has 3 rings (SSSR count). The second-order valence-corrected chi connectivity index (χ2v) is 5.86. The van der Waals surface area contributed by atoms with Crippen molar-refractivity contribution in [3.8, 4) is 0 Å². The number of aryl methyl sites for hydroxylation is 2. The summed E-state index contributed by atoms with van der Waals surface area (Å²) in [6.45, 7) is 5.26. The highest BCUT2D eigenvalue weighted by atomic mass is 16.4. The van der Waals surface area contributed by atoms with E-state index in [1.807, 2.05) is 13.8 Å². The van der Waals surface area contributed by atoms with Crippen LogP contribution in [-0.2, 0) is 16.1 Å². The highest BCUT2D eigenvalue weighted by Gasteiger charge is 2.37. The number of rotatable bonds is 2. The zero-order valence-corrected chi connectivity index (χ0v) is 12.6. The standard InChI is InChI=1S/C15H21N3O3/c1-10-11(2)21-13(16-10)9-17-8-6-14(19)18-7-4-3-5-12(18)15(17)20/h12H,3-9H2,1-2H3. The van der Waals surface area contributed by atoms with E-state index in [1.165, 1.54) is 0 Å². The summed E-state index contributed by atoms with van der Waals surface area (Å²) in [5, 5.41) is 0. The summed E-state index contributed by atoms with van der Waals surface area (Å²) >= 11 is 0. The first-order chi connectivity index (χ1) is 10.1. The van der Waals surface area contributed by atoms with Gasteiger partial charge in [0.1, 0.15) is 11.8 Å². The van der Waals surface area contributed by atoms with E-state index in [-0.39, 0.29) is 17.9 Å². The van der Waals surface area contributed by atoms with Gasteiger partial charge in [-0.05, 0) is 33.1 Å². The molecule has 0 radical (unpaired) electrons. The molecule has 0 bridgehead atoms. The Hall–Kier alpha value is -1.85. The highest BCUT2D eigenvalue weighted by Crippen LogP contribution is 2.24. The van der Waals surface area contributed by atoms with Crippen LogP contribution in [0.5, 0.6) is 0 Å². The van der Waals surface area contributed by atoms with Crippen LogP contribution in [0, 0.1) is 13.8 Å². The van der Waals surface area contributed by atoms with E-state index in [4.69, 9.17) is 4.42 Å². The number of amides is 2. The van der Waals surface area contributed by atoms with Gasteiger partial charge in [-0.1, -0.05) is 0 Å². The normalized spacial score (nSPS) is 23.2. The maximum absolute atomic E-state index is 12.7. The number of oxazole rings is 1. The largest absolute Gasteiger partial charge is 0.444 e. The fraction of sp³-hybridized carbons (Fsp3) is 0.667. The maximum atomic E-state index is 12.7. The third kappa shape index (κ3) is 2.66. The van der Waals surface area contributed by atoms with Crippen LogP contribution < -0.4 is 0 Å². The van der Waals surface area contributed by atoms with Gasteiger partial charge in [0.2, 0.25) is 17.7 Å². The van der Waals surface area contributed by atoms with Crippen LogP contribution in [0.1, 0.15) is 43.0 Å². The third-order valence-corrected chi connectivity index (χ3v) is 4.41. The van der Waals surface area contributed by atoms with Crippen LogP contribution in [0.25, 0.3) is 0 Å². The molecule has 114 valence electrons. The highest BCUT2D eigenvalue weighted by molar-refractivity contribution is 5.90. The molecule has 2 aliphatic rings. The van der Waals surface area contributed by atoms with Crippen molar-refractivity contribution < 1.29 is 14.0 Å². The van der Waals surface area contributed by atoms with Gasteiger partial charge in [0.25, 0.3) is 0 Å². The van der Waals surface area contributed by atoms with Gasteiger partial charge >= 0.3 is 0 Å². The zero-order chi connectivity index (χ0) is 15.0. The van der Waals surface area contributed by atoms with Crippen molar-refractivity contribution in [2.45, 2.75) is 52.1 Å². The molecule has 1 atom stereocenters. The van der Waals surface area contributed by atoms with Gasteiger partial charge in [0.15, 0.2) is 0 Å². The Bertz CT molecular complexity index is 547. The molecule has 6 heteroatoms. The summed E-state index contributed by atoms with van der Waals surface area (Å²) in [5.41, 5.74) is 0.850. The Kier molecular flexibility index (Phi) is 3.69. The average Bonchev–Trinajstić information content (AvgIpc) is 2.74. The summed E-state index contributed by atoms with van der Waals surface area (Å²) in [4.78, 5) is 32.7. The fourth-order valence-electron chi connectivity index (χ4n) is 3.11. The number of piperidine rings is 1. The molecule has 1 aromatic rings. The third-order valence-electron chi connectivity index (χ3n) is 4.41. The van der Waals surface area contributed by atoms with Crippen molar-refractivity contribution in [3.63, 3.8) is 0 Å². The first kappa shape index (κ1) is 14.1. The van der Waals surface area contributed by atoms with E-state index < -0.39 is 0 Å². The van der Waals surface area contributed by atoms with Gasteiger partial charge < -0.3 is 14.2 Å².